The quantitative estimate of drug-likeness (QED) is 0.494. The van der Waals surface area contributed by atoms with Gasteiger partial charge in [-0.05, 0) is 47.5 Å². The molecular formula is C25H19F3N2O4. The maximum atomic E-state index is 12.9. The Morgan fingerprint density at radius 1 is 0.882 bits per heavy atom. The van der Waals surface area contributed by atoms with E-state index in [4.69, 9.17) is 0 Å². The van der Waals surface area contributed by atoms with Crippen molar-refractivity contribution >= 4 is 17.7 Å². The first kappa shape index (κ1) is 23.0. The minimum Gasteiger partial charge on any atom is -0.406 e. The van der Waals surface area contributed by atoms with Gasteiger partial charge in [-0.3, -0.25) is 19.3 Å². The van der Waals surface area contributed by atoms with Gasteiger partial charge in [0.05, 0.1) is 17.7 Å². The summed E-state index contributed by atoms with van der Waals surface area (Å²) in [7, 11) is 1.57. The van der Waals surface area contributed by atoms with Crippen molar-refractivity contribution in [1.82, 2.24) is 9.80 Å². The summed E-state index contributed by atoms with van der Waals surface area (Å²) in [5.41, 5.74) is 2.29. The second-order valence-corrected chi connectivity index (χ2v) is 7.80. The van der Waals surface area contributed by atoms with E-state index in [1.54, 1.807) is 55.6 Å². The lowest BCUT2D eigenvalue weighted by Gasteiger charge is -2.19. The zero-order chi connectivity index (χ0) is 24.5. The van der Waals surface area contributed by atoms with Gasteiger partial charge in [-0.1, -0.05) is 36.4 Å². The molecule has 6 nitrogen and oxygen atoms in total. The third-order valence-electron chi connectivity index (χ3n) is 5.32. The highest BCUT2D eigenvalue weighted by atomic mass is 19.4. The van der Waals surface area contributed by atoms with Crippen LogP contribution < -0.4 is 4.74 Å². The normalized spacial score (nSPS) is 13.1. The molecule has 174 valence electrons. The topological polar surface area (TPSA) is 66.9 Å². The van der Waals surface area contributed by atoms with Crippen LogP contribution in [-0.4, -0.2) is 40.9 Å². The van der Waals surface area contributed by atoms with Gasteiger partial charge in [0.25, 0.3) is 17.7 Å². The summed E-state index contributed by atoms with van der Waals surface area (Å²) < 4.78 is 40.8. The van der Waals surface area contributed by atoms with Gasteiger partial charge in [-0.15, -0.1) is 13.2 Å². The molecule has 0 N–H and O–H groups in total. The standard InChI is InChI=1S/C25H19F3N2O4/c1-29(14-16-9-11-19(12-10-16)34-25(26,27)28)22(31)18-6-4-5-17(13-18)15-30-23(32)20-7-2-3-8-21(20)24(30)33/h2-13H,14-15H2,1H3. The molecule has 3 aromatic rings. The number of nitrogens with zero attached hydrogens (tertiary/aromatic N) is 2. The van der Waals surface area contributed by atoms with E-state index in [0.717, 1.165) is 4.90 Å². The van der Waals surface area contributed by atoms with Crippen molar-refractivity contribution in [3.05, 3.63) is 101 Å². The molecule has 3 amide bonds. The average molecular weight is 468 g/mol. The first-order valence-corrected chi connectivity index (χ1v) is 10.3. The highest BCUT2D eigenvalue weighted by Gasteiger charge is 2.35. The Morgan fingerprint density at radius 2 is 1.50 bits per heavy atom. The van der Waals surface area contributed by atoms with Crippen LogP contribution in [0.2, 0.25) is 0 Å². The van der Waals surface area contributed by atoms with E-state index in [1.165, 1.54) is 29.2 Å². The number of rotatable bonds is 6. The third-order valence-corrected chi connectivity index (χ3v) is 5.32. The predicted octanol–water partition coefficient (Wildman–Crippen LogP) is 4.65. The van der Waals surface area contributed by atoms with Gasteiger partial charge in [0.1, 0.15) is 5.75 Å². The first-order chi connectivity index (χ1) is 16.1. The Labute approximate surface area is 193 Å². The van der Waals surface area contributed by atoms with Gasteiger partial charge in [-0.2, -0.15) is 0 Å². The number of carbonyl (C=O) groups is 3. The average Bonchev–Trinajstić information content (AvgIpc) is 3.04. The molecule has 0 aromatic heterocycles. The number of hydrogen-bond donors (Lipinski definition) is 0. The molecular weight excluding hydrogens is 449 g/mol. The molecule has 0 aliphatic carbocycles. The maximum Gasteiger partial charge on any atom is 0.573 e. The van der Waals surface area contributed by atoms with Gasteiger partial charge in [0, 0.05) is 19.2 Å². The van der Waals surface area contributed by atoms with Crippen LogP contribution in [0.5, 0.6) is 5.75 Å². The van der Waals surface area contributed by atoms with Gasteiger partial charge in [0.2, 0.25) is 0 Å². The number of halogens is 3. The molecule has 4 rings (SSSR count). The highest BCUT2D eigenvalue weighted by Crippen LogP contribution is 2.25. The highest BCUT2D eigenvalue weighted by molar-refractivity contribution is 6.21. The molecule has 0 spiro atoms. The lowest BCUT2D eigenvalue weighted by molar-refractivity contribution is -0.274. The van der Waals surface area contributed by atoms with Crippen molar-refractivity contribution in [3.8, 4) is 5.75 Å². The number of fused-ring (bicyclic) bond motifs is 1. The molecule has 0 unspecified atom stereocenters. The summed E-state index contributed by atoms with van der Waals surface area (Å²) in [5, 5.41) is 0. The second kappa shape index (κ2) is 9.01. The predicted molar refractivity (Wildman–Crippen MR) is 116 cm³/mol. The van der Waals surface area contributed by atoms with E-state index >= 15 is 0 Å². The number of amides is 3. The van der Waals surface area contributed by atoms with E-state index in [2.05, 4.69) is 4.74 Å². The summed E-state index contributed by atoms with van der Waals surface area (Å²) in [6.45, 7) is 0.186. The molecule has 0 radical (unpaired) electrons. The molecule has 9 heteroatoms. The smallest absolute Gasteiger partial charge is 0.406 e. The van der Waals surface area contributed by atoms with Gasteiger partial charge in [0.15, 0.2) is 0 Å². The SMILES string of the molecule is CN(Cc1ccc(OC(F)(F)F)cc1)C(=O)c1cccc(CN2C(=O)c3ccccc3C2=O)c1. The molecule has 3 aromatic carbocycles. The van der Waals surface area contributed by atoms with Gasteiger partial charge < -0.3 is 9.64 Å². The Morgan fingerprint density at radius 3 is 2.09 bits per heavy atom. The number of ether oxygens (including phenoxy) is 1. The third kappa shape index (κ3) is 4.93. The summed E-state index contributed by atoms with van der Waals surface area (Å²) in [6.07, 6.45) is -4.77. The molecule has 0 saturated carbocycles. The Kier molecular flexibility index (Phi) is 6.10. The zero-order valence-electron chi connectivity index (χ0n) is 18.0. The van der Waals surface area contributed by atoms with Crippen LogP contribution in [0.15, 0.2) is 72.8 Å². The molecule has 1 aliphatic rings. The zero-order valence-corrected chi connectivity index (χ0v) is 18.0. The van der Waals surface area contributed by atoms with Gasteiger partial charge in [-0.25, -0.2) is 0 Å². The van der Waals surface area contributed by atoms with Crippen molar-refractivity contribution < 1.29 is 32.3 Å². The molecule has 1 heterocycles. The molecule has 0 atom stereocenters. The Bertz CT molecular complexity index is 1220. The fourth-order valence-corrected chi connectivity index (χ4v) is 3.73. The van der Waals surface area contributed by atoms with Crippen molar-refractivity contribution in [2.45, 2.75) is 19.5 Å². The van der Waals surface area contributed by atoms with E-state index in [1.807, 2.05) is 0 Å². The number of alkyl halides is 3. The number of carbonyl (C=O) groups excluding carboxylic acids is 3. The summed E-state index contributed by atoms with van der Waals surface area (Å²) >= 11 is 0. The molecule has 0 bridgehead atoms. The summed E-state index contributed by atoms with van der Waals surface area (Å²) in [6, 6.07) is 18.5. The van der Waals surface area contributed by atoms with Crippen LogP contribution in [0.3, 0.4) is 0 Å². The van der Waals surface area contributed by atoms with Gasteiger partial charge >= 0.3 is 6.36 Å². The largest absolute Gasteiger partial charge is 0.573 e. The van der Waals surface area contributed by atoms with Crippen LogP contribution in [0.25, 0.3) is 0 Å². The molecule has 0 saturated heterocycles. The van der Waals surface area contributed by atoms with Crippen molar-refractivity contribution in [1.29, 1.82) is 0 Å². The lowest BCUT2D eigenvalue weighted by atomic mass is 10.1. The first-order valence-electron chi connectivity index (χ1n) is 10.3. The number of imide groups is 1. The fraction of sp³-hybridized carbons (Fsp3) is 0.160. The van der Waals surface area contributed by atoms with Crippen LogP contribution >= 0.6 is 0 Å². The minimum absolute atomic E-state index is 0.0256. The lowest BCUT2D eigenvalue weighted by Crippen LogP contribution is -2.29. The fourth-order valence-electron chi connectivity index (χ4n) is 3.73. The van der Waals surface area contributed by atoms with Crippen molar-refractivity contribution in [2.75, 3.05) is 7.05 Å². The number of hydrogen-bond acceptors (Lipinski definition) is 4. The molecule has 1 aliphatic heterocycles. The van der Waals surface area contributed by atoms with Crippen molar-refractivity contribution in [2.24, 2.45) is 0 Å². The monoisotopic (exact) mass is 468 g/mol. The van der Waals surface area contributed by atoms with Crippen LogP contribution in [-0.2, 0) is 13.1 Å². The van der Waals surface area contributed by atoms with E-state index in [0.29, 0.717) is 27.8 Å². The van der Waals surface area contributed by atoms with E-state index in [9.17, 15) is 27.6 Å². The van der Waals surface area contributed by atoms with Crippen LogP contribution in [0.4, 0.5) is 13.2 Å². The number of benzene rings is 3. The Hall–Kier alpha value is -4.14. The molecule has 0 fully saturated rings. The Balaban J connectivity index is 1.43. The minimum atomic E-state index is -4.77. The van der Waals surface area contributed by atoms with Crippen molar-refractivity contribution in [3.63, 3.8) is 0 Å². The van der Waals surface area contributed by atoms with Crippen LogP contribution in [0, 0.1) is 0 Å². The van der Waals surface area contributed by atoms with Crippen LogP contribution in [0.1, 0.15) is 42.2 Å². The summed E-state index contributed by atoms with van der Waals surface area (Å²) in [4.78, 5) is 40.7. The summed E-state index contributed by atoms with van der Waals surface area (Å²) in [5.74, 6) is -1.43. The van der Waals surface area contributed by atoms with E-state index < -0.39 is 6.36 Å². The molecule has 34 heavy (non-hydrogen) atoms. The van der Waals surface area contributed by atoms with E-state index in [-0.39, 0.29) is 36.6 Å². The second-order valence-electron chi connectivity index (χ2n) is 7.80. The maximum absolute atomic E-state index is 12.9.